The first-order valence-electron chi connectivity index (χ1n) is 10.6. The highest BCUT2D eigenvalue weighted by molar-refractivity contribution is 8.00. The van der Waals surface area contributed by atoms with Gasteiger partial charge in [-0.25, -0.2) is 0 Å². The summed E-state index contributed by atoms with van der Waals surface area (Å²) < 4.78 is 0. The molecule has 0 aromatic heterocycles. The van der Waals surface area contributed by atoms with Crippen molar-refractivity contribution in [3.05, 3.63) is 98.1 Å². The van der Waals surface area contributed by atoms with E-state index in [1.54, 1.807) is 37.3 Å². The molecule has 3 aromatic carbocycles. The van der Waals surface area contributed by atoms with E-state index in [9.17, 15) is 29.8 Å². The highest BCUT2D eigenvalue weighted by Crippen LogP contribution is 2.30. The van der Waals surface area contributed by atoms with Crippen LogP contribution in [-0.2, 0) is 4.79 Å². The number of hydrogen-bond acceptors (Lipinski definition) is 7. The first kappa shape index (κ1) is 25.4. The molecule has 1 unspecified atom stereocenters. The second kappa shape index (κ2) is 11.3. The third kappa shape index (κ3) is 6.64. The van der Waals surface area contributed by atoms with Crippen molar-refractivity contribution < 1.29 is 19.4 Å². The lowest BCUT2D eigenvalue weighted by Crippen LogP contribution is -2.25. The fourth-order valence-corrected chi connectivity index (χ4v) is 4.18. The Morgan fingerprint density at radius 1 is 0.914 bits per heavy atom. The molecule has 11 heteroatoms. The Kier molecular flexibility index (Phi) is 8.16. The van der Waals surface area contributed by atoms with Gasteiger partial charge in [0.15, 0.2) is 0 Å². The standard InChI is InChI=1S/C24H22N4O6S/c1-3-22(24(30)26-21-14-19(28(33)34)11-10-15(21)2)35-20-9-5-7-17(13-20)25-23(29)16-6-4-8-18(12-16)27(31)32/h4-14,22H,3H2,1-2H3,(H,25,29)(H,26,30). The molecule has 0 heterocycles. The van der Waals surface area contributed by atoms with Crippen LogP contribution in [0.1, 0.15) is 29.3 Å². The third-order valence-corrected chi connectivity index (χ3v) is 6.40. The number of nitro benzene ring substituents is 2. The number of carbonyl (C=O) groups is 2. The minimum absolute atomic E-state index is 0.112. The Balaban J connectivity index is 1.71. The molecular weight excluding hydrogens is 472 g/mol. The second-order valence-corrected chi connectivity index (χ2v) is 8.83. The summed E-state index contributed by atoms with van der Waals surface area (Å²) in [5.41, 5.74) is 1.40. The molecule has 0 aliphatic carbocycles. The normalized spacial score (nSPS) is 11.4. The molecule has 0 fully saturated rings. The van der Waals surface area contributed by atoms with Crippen LogP contribution in [0.15, 0.2) is 71.6 Å². The number of nitrogens with zero attached hydrogens (tertiary/aromatic N) is 2. The smallest absolute Gasteiger partial charge is 0.271 e. The fourth-order valence-electron chi connectivity index (χ4n) is 3.17. The Morgan fingerprint density at radius 2 is 1.60 bits per heavy atom. The molecule has 2 amide bonds. The van der Waals surface area contributed by atoms with E-state index in [0.29, 0.717) is 23.4 Å². The number of amides is 2. The van der Waals surface area contributed by atoms with E-state index in [4.69, 9.17) is 0 Å². The van der Waals surface area contributed by atoms with Crippen LogP contribution < -0.4 is 10.6 Å². The van der Waals surface area contributed by atoms with Crippen molar-refractivity contribution in [3.8, 4) is 0 Å². The van der Waals surface area contributed by atoms with Crippen LogP contribution in [0.25, 0.3) is 0 Å². The Labute approximate surface area is 205 Å². The highest BCUT2D eigenvalue weighted by Gasteiger charge is 2.20. The van der Waals surface area contributed by atoms with Crippen LogP contribution in [0.2, 0.25) is 0 Å². The SMILES string of the molecule is CCC(Sc1cccc(NC(=O)c2cccc([N+](=O)[O-])c2)c1)C(=O)Nc1cc([N+](=O)[O-])ccc1C. The topological polar surface area (TPSA) is 144 Å². The van der Waals surface area contributed by atoms with Gasteiger partial charge < -0.3 is 10.6 Å². The number of benzene rings is 3. The predicted molar refractivity (Wildman–Crippen MR) is 134 cm³/mol. The van der Waals surface area contributed by atoms with E-state index < -0.39 is 21.0 Å². The molecular formula is C24H22N4O6S. The van der Waals surface area contributed by atoms with Gasteiger partial charge in [-0.1, -0.05) is 25.1 Å². The summed E-state index contributed by atoms with van der Waals surface area (Å²) in [6.07, 6.45) is 0.495. The quantitative estimate of drug-likeness (QED) is 0.225. The lowest BCUT2D eigenvalue weighted by molar-refractivity contribution is -0.385. The maximum Gasteiger partial charge on any atom is 0.271 e. The third-order valence-electron chi connectivity index (χ3n) is 5.04. The molecule has 3 rings (SSSR count). The van der Waals surface area contributed by atoms with Crippen LogP contribution in [0.4, 0.5) is 22.7 Å². The summed E-state index contributed by atoms with van der Waals surface area (Å²) in [7, 11) is 0. The van der Waals surface area contributed by atoms with Gasteiger partial charge in [0.05, 0.1) is 20.8 Å². The molecule has 3 aromatic rings. The van der Waals surface area contributed by atoms with E-state index in [-0.39, 0.29) is 22.8 Å². The van der Waals surface area contributed by atoms with Crippen molar-refractivity contribution in [1.82, 2.24) is 0 Å². The molecule has 0 bridgehead atoms. The minimum atomic E-state index is -0.570. The van der Waals surface area contributed by atoms with Crippen LogP contribution >= 0.6 is 11.8 Å². The number of nitrogens with one attached hydrogen (secondary N) is 2. The molecule has 0 saturated carbocycles. The number of aryl methyl sites for hydroxylation is 1. The van der Waals surface area contributed by atoms with Gasteiger partial charge in [-0.2, -0.15) is 0 Å². The van der Waals surface area contributed by atoms with Crippen molar-refractivity contribution in [2.75, 3.05) is 10.6 Å². The van der Waals surface area contributed by atoms with Gasteiger partial charge in [-0.3, -0.25) is 29.8 Å². The van der Waals surface area contributed by atoms with Gasteiger partial charge in [-0.05, 0) is 43.2 Å². The predicted octanol–water partition coefficient (Wildman–Crippen LogP) is 5.57. The number of hydrogen-bond donors (Lipinski definition) is 2. The lowest BCUT2D eigenvalue weighted by atomic mass is 10.1. The Morgan fingerprint density at radius 3 is 2.29 bits per heavy atom. The molecule has 0 saturated heterocycles. The first-order valence-corrected chi connectivity index (χ1v) is 11.4. The number of carbonyl (C=O) groups excluding carboxylic acids is 2. The van der Waals surface area contributed by atoms with Gasteiger partial charge in [0, 0.05) is 40.4 Å². The lowest BCUT2D eigenvalue weighted by Gasteiger charge is -2.16. The van der Waals surface area contributed by atoms with Crippen molar-refractivity contribution in [1.29, 1.82) is 0 Å². The zero-order chi connectivity index (χ0) is 25.5. The van der Waals surface area contributed by atoms with E-state index in [0.717, 1.165) is 4.90 Å². The number of rotatable bonds is 9. The molecule has 0 aliphatic rings. The van der Waals surface area contributed by atoms with E-state index in [1.165, 1.54) is 48.2 Å². The molecule has 0 aliphatic heterocycles. The Bertz CT molecular complexity index is 1300. The summed E-state index contributed by atoms with van der Waals surface area (Å²) in [5.74, 6) is -0.797. The van der Waals surface area contributed by atoms with Crippen molar-refractivity contribution in [3.63, 3.8) is 0 Å². The molecule has 2 N–H and O–H groups in total. The van der Waals surface area contributed by atoms with Crippen LogP contribution in [0.3, 0.4) is 0 Å². The van der Waals surface area contributed by atoms with Gasteiger partial charge in [-0.15, -0.1) is 11.8 Å². The van der Waals surface area contributed by atoms with Gasteiger partial charge in [0.1, 0.15) is 0 Å². The summed E-state index contributed by atoms with van der Waals surface area (Å²) in [6.45, 7) is 3.60. The zero-order valence-electron chi connectivity index (χ0n) is 18.9. The van der Waals surface area contributed by atoms with Crippen LogP contribution in [0, 0.1) is 27.2 Å². The molecule has 0 spiro atoms. The summed E-state index contributed by atoms with van der Waals surface area (Å²) in [6, 6.07) is 16.6. The molecule has 10 nitrogen and oxygen atoms in total. The number of nitro groups is 2. The summed E-state index contributed by atoms with van der Waals surface area (Å²) >= 11 is 1.29. The monoisotopic (exact) mass is 494 g/mol. The highest BCUT2D eigenvalue weighted by atomic mass is 32.2. The van der Waals surface area contributed by atoms with Crippen molar-refractivity contribution in [2.45, 2.75) is 30.4 Å². The van der Waals surface area contributed by atoms with E-state index >= 15 is 0 Å². The number of non-ortho nitro benzene ring substituents is 2. The maximum absolute atomic E-state index is 12.9. The average Bonchev–Trinajstić information content (AvgIpc) is 2.83. The summed E-state index contributed by atoms with van der Waals surface area (Å²) in [4.78, 5) is 47.1. The largest absolute Gasteiger partial charge is 0.325 e. The van der Waals surface area contributed by atoms with Crippen molar-refractivity contribution >= 4 is 46.3 Å². The maximum atomic E-state index is 12.9. The summed E-state index contributed by atoms with van der Waals surface area (Å²) in [5, 5.41) is 27.0. The zero-order valence-corrected chi connectivity index (χ0v) is 19.7. The molecule has 0 radical (unpaired) electrons. The molecule has 180 valence electrons. The second-order valence-electron chi connectivity index (χ2n) is 7.55. The minimum Gasteiger partial charge on any atom is -0.325 e. The van der Waals surface area contributed by atoms with Gasteiger partial charge in [0.25, 0.3) is 17.3 Å². The van der Waals surface area contributed by atoms with E-state index in [2.05, 4.69) is 10.6 Å². The van der Waals surface area contributed by atoms with Crippen LogP contribution in [0.5, 0.6) is 0 Å². The number of anilines is 2. The molecule has 1 atom stereocenters. The van der Waals surface area contributed by atoms with Gasteiger partial charge in [0.2, 0.25) is 5.91 Å². The molecule has 35 heavy (non-hydrogen) atoms. The van der Waals surface area contributed by atoms with Crippen LogP contribution in [-0.4, -0.2) is 26.9 Å². The van der Waals surface area contributed by atoms with E-state index in [1.807, 2.05) is 6.92 Å². The van der Waals surface area contributed by atoms with Gasteiger partial charge >= 0.3 is 0 Å². The van der Waals surface area contributed by atoms with Crippen molar-refractivity contribution in [2.24, 2.45) is 0 Å². The first-order chi connectivity index (χ1) is 16.7. The fraction of sp³-hybridized carbons (Fsp3) is 0.167. The average molecular weight is 495 g/mol. The Hall–Kier alpha value is -4.25. The number of thioether (sulfide) groups is 1.